The van der Waals surface area contributed by atoms with Crippen LogP contribution in [-0.4, -0.2) is 24.1 Å². The van der Waals surface area contributed by atoms with Gasteiger partial charge < -0.3 is 10.1 Å². The van der Waals surface area contributed by atoms with Crippen molar-refractivity contribution in [3.05, 3.63) is 36.7 Å². The maximum Gasteiger partial charge on any atom is 0.129 e. The summed E-state index contributed by atoms with van der Waals surface area (Å²) in [5, 5.41) is 2.98. The highest BCUT2D eigenvalue weighted by Gasteiger charge is 2.02. The molecule has 0 unspecified atom stereocenters. The Hall–Kier alpha value is -2.10. The lowest BCUT2D eigenvalue weighted by Crippen LogP contribution is -1.94. The lowest BCUT2D eigenvalue weighted by molar-refractivity contribution is 0.415. The molecule has 2 rings (SSSR count). The summed E-state index contributed by atoms with van der Waals surface area (Å²) in [6.45, 7) is 0. The molecule has 0 aliphatic carbocycles. The number of anilines is 1. The number of nitrogens with zero attached hydrogens (tertiary/aromatic N) is 2. The van der Waals surface area contributed by atoms with Gasteiger partial charge in [-0.3, -0.25) is 0 Å². The van der Waals surface area contributed by atoms with Gasteiger partial charge in [-0.15, -0.1) is 0 Å². The molecule has 0 spiro atoms. The largest absolute Gasteiger partial charge is 0.497 e. The van der Waals surface area contributed by atoms with Crippen LogP contribution in [-0.2, 0) is 0 Å². The quantitative estimate of drug-likeness (QED) is 0.852. The third-order valence-electron chi connectivity index (χ3n) is 2.29. The number of hydrogen-bond donors (Lipinski definition) is 1. The first-order valence-electron chi connectivity index (χ1n) is 4.97. The van der Waals surface area contributed by atoms with E-state index in [4.69, 9.17) is 4.74 Å². The number of hydrogen-bond acceptors (Lipinski definition) is 4. The van der Waals surface area contributed by atoms with Gasteiger partial charge in [0.15, 0.2) is 0 Å². The van der Waals surface area contributed by atoms with E-state index in [1.54, 1.807) is 13.4 Å². The Labute approximate surface area is 94.3 Å². The molecular weight excluding hydrogens is 202 g/mol. The Bertz CT molecular complexity index is 440. The second-order valence-electron chi connectivity index (χ2n) is 3.27. The van der Waals surface area contributed by atoms with E-state index >= 15 is 0 Å². The van der Waals surface area contributed by atoms with Crippen LogP contribution in [0.1, 0.15) is 0 Å². The van der Waals surface area contributed by atoms with Crippen LogP contribution in [0.2, 0.25) is 0 Å². The fourth-order valence-electron chi connectivity index (χ4n) is 1.43. The van der Waals surface area contributed by atoms with Gasteiger partial charge in [-0.2, -0.15) is 0 Å². The van der Waals surface area contributed by atoms with Gasteiger partial charge in [0, 0.05) is 18.7 Å². The van der Waals surface area contributed by atoms with Crippen LogP contribution in [0.25, 0.3) is 11.3 Å². The Kier molecular flexibility index (Phi) is 3.00. The van der Waals surface area contributed by atoms with Gasteiger partial charge in [0.25, 0.3) is 0 Å². The van der Waals surface area contributed by atoms with Crippen LogP contribution in [0.3, 0.4) is 0 Å². The Morgan fingerprint density at radius 1 is 1.19 bits per heavy atom. The van der Waals surface area contributed by atoms with Crippen LogP contribution in [0, 0.1) is 0 Å². The smallest absolute Gasteiger partial charge is 0.129 e. The Morgan fingerprint density at radius 3 is 2.81 bits per heavy atom. The molecular formula is C12H13N3O. The zero-order valence-corrected chi connectivity index (χ0v) is 9.27. The van der Waals surface area contributed by atoms with Crippen LogP contribution < -0.4 is 10.1 Å². The second-order valence-corrected chi connectivity index (χ2v) is 3.27. The van der Waals surface area contributed by atoms with E-state index in [-0.39, 0.29) is 0 Å². The number of aromatic nitrogens is 2. The SMILES string of the molecule is CNc1cc(-c2cccc(OC)c2)ncn1. The third-order valence-corrected chi connectivity index (χ3v) is 2.29. The predicted molar refractivity (Wildman–Crippen MR) is 63.6 cm³/mol. The molecule has 1 heterocycles. The number of benzene rings is 1. The highest BCUT2D eigenvalue weighted by atomic mass is 16.5. The van der Waals surface area contributed by atoms with E-state index in [2.05, 4.69) is 15.3 Å². The maximum absolute atomic E-state index is 5.17. The minimum absolute atomic E-state index is 0.799. The zero-order chi connectivity index (χ0) is 11.4. The van der Waals surface area contributed by atoms with E-state index in [0.717, 1.165) is 22.8 Å². The van der Waals surface area contributed by atoms with Gasteiger partial charge in [-0.1, -0.05) is 12.1 Å². The highest BCUT2D eigenvalue weighted by molar-refractivity contribution is 5.63. The normalized spacial score (nSPS) is 9.88. The molecule has 82 valence electrons. The van der Waals surface area contributed by atoms with E-state index < -0.39 is 0 Å². The van der Waals surface area contributed by atoms with Gasteiger partial charge in [0.1, 0.15) is 17.9 Å². The minimum Gasteiger partial charge on any atom is -0.497 e. The van der Waals surface area contributed by atoms with Crippen molar-refractivity contribution in [3.8, 4) is 17.0 Å². The average Bonchev–Trinajstić information content (AvgIpc) is 2.39. The summed E-state index contributed by atoms with van der Waals surface area (Å²) in [6, 6.07) is 9.68. The number of nitrogens with one attached hydrogen (secondary N) is 1. The first-order chi connectivity index (χ1) is 7.83. The van der Waals surface area contributed by atoms with Crippen molar-refractivity contribution in [2.24, 2.45) is 0 Å². The number of methoxy groups -OCH3 is 1. The average molecular weight is 215 g/mol. The molecule has 0 fully saturated rings. The fraction of sp³-hybridized carbons (Fsp3) is 0.167. The maximum atomic E-state index is 5.17. The molecule has 1 aromatic heterocycles. The van der Waals surface area contributed by atoms with E-state index in [1.807, 2.05) is 37.4 Å². The first-order valence-corrected chi connectivity index (χ1v) is 4.97. The molecule has 0 aliphatic rings. The van der Waals surface area contributed by atoms with Gasteiger partial charge >= 0.3 is 0 Å². The standard InChI is InChI=1S/C12H13N3O/c1-13-12-7-11(14-8-15-12)9-4-3-5-10(6-9)16-2/h3-8H,1-2H3,(H,13,14,15). The predicted octanol–water partition coefficient (Wildman–Crippen LogP) is 2.19. The van der Waals surface area contributed by atoms with Crippen molar-refractivity contribution in [2.75, 3.05) is 19.5 Å². The molecule has 1 N–H and O–H groups in total. The molecule has 0 atom stereocenters. The highest BCUT2D eigenvalue weighted by Crippen LogP contribution is 2.22. The Balaban J connectivity index is 2.41. The fourth-order valence-corrected chi connectivity index (χ4v) is 1.43. The summed E-state index contributed by atoms with van der Waals surface area (Å²) in [7, 11) is 3.48. The van der Waals surface area contributed by atoms with Crippen molar-refractivity contribution >= 4 is 5.82 Å². The van der Waals surface area contributed by atoms with Gasteiger partial charge in [-0.25, -0.2) is 9.97 Å². The summed E-state index contributed by atoms with van der Waals surface area (Å²) >= 11 is 0. The van der Waals surface area contributed by atoms with Gasteiger partial charge in [0.2, 0.25) is 0 Å². The van der Waals surface area contributed by atoms with E-state index in [0.29, 0.717) is 0 Å². The van der Waals surface area contributed by atoms with Crippen LogP contribution in [0.15, 0.2) is 36.7 Å². The molecule has 4 nitrogen and oxygen atoms in total. The number of rotatable bonds is 3. The molecule has 0 aliphatic heterocycles. The molecule has 0 bridgehead atoms. The molecule has 4 heteroatoms. The molecule has 1 aromatic carbocycles. The van der Waals surface area contributed by atoms with Crippen molar-refractivity contribution in [1.82, 2.24) is 9.97 Å². The van der Waals surface area contributed by atoms with Gasteiger partial charge in [-0.05, 0) is 12.1 Å². The van der Waals surface area contributed by atoms with Crippen molar-refractivity contribution < 1.29 is 4.74 Å². The summed E-state index contributed by atoms with van der Waals surface area (Å²) < 4.78 is 5.17. The lowest BCUT2D eigenvalue weighted by Gasteiger charge is -2.05. The molecule has 16 heavy (non-hydrogen) atoms. The lowest BCUT2D eigenvalue weighted by atomic mass is 10.1. The molecule has 2 aromatic rings. The van der Waals surface area contributed by atoms with Crippen LogP contribution in [0.4, 0.5) is 5.82 Å². The minimum atomic E-state index is 0.799. The molecule has 0 saturated carbocycles. The zero-order valence-electron chi connectivity index (χ0n) is 9.27. The van der Waals surface area contributed by atoms with Crippen molar-refractivity contribution in [1.29, 1.82) is 0 Å². The van der Waals surface area contributed by atoms with Crippen molar-refractivity contribution in [3.63, 3.8) is 0 Å². The van der Waals surface area contributed by atoms with Crippen LogP contribution >= 0.6 is 0 Å². The second kappa shape index (κ2) is 4.61. The third kappa shape index (κ3) is 2.11. The monoisotopic (exact) mass is 215 g/mol. The van der Waals surface area contributed by atoms with Gasteiger partial charge in [0.05, 0.1) is 12.8 Å². The molecule has 0 amide bonds. The topological polar surface area (TPSA) is 47.0 Å². The van der Waals surface area contributed by atoms with Crippen LogP contribution in [0.5, 0.6) is 5.75 Å². The Morgan fingerprint density at radius 2 is 2.06 bits per heavy atom. The van der Waals surface area contributed by atoms with Crippen molar-refractivity contribution in [2.45, 2.75) is 0 Å². The summed E-state index contributed by atoms with van der Waals surface area (Å²) in [5.74, 6) is 1.62. The summed E-state index contributed by atoms with van der Waals surface area (Å²) in [5.41, 5.74) is 1.89. The van der Waals surface area contributed by atoms with E-state index in [9.17, 15) is 0 Å². The van der Waals surface area contributed by atoms with E-state index in [1.165, 1.54) is 0 Å². The first kappa shape index (κ1) is 10.4. The molecule has 0 saturated heterocycles. The number of ether oxygens (including phenoxy) is 1. The molecule has 0 radical (unpaired) electrons. The summed E-state index contributed by atoms with van der Waals surface area (Å²) in [4.78, 5) is 8.30. The summed E-state index contributed by atoms with van der Waals surface area (Å²) in [6.07, 6.45) is 1.54.